The molecule has 0 saturated heterocycles. The van der Waals surface area contributed by atoms with E-state index in [4.69, 9.17) is 0 Å². The van der Waals surface area contributed by atoms with Gasteiger partial charge in [0.25, 0.3) is 0 Å². The molecule has 0 unspecified atom stereocenters. The maximum atomic E-state index is 10.0. The predicted octanol–water partition coefficient (Wildman–Crippen LogP) is 1.22. The average molecular weight is 120 g/mol. The van der Waals surface area contributed by atoms with Crippen LogP contribution < -0.4 is 0 Å². The van der Waals surface area contributed by atoms with Crippen LogP contribution in [0.2, 0.25) is 0 Å². The monoisotopic (exact) mass is 120 g/mol. The minimum atomic E-state index is 0.00171. The minimum Gasteiger partial charge on any atom is -0.308 e. The molecule has 0 fully saturated rings. The van der Waals surface area contributed by atoms with Gasteiger partial charge in [0.05, 0.1) is 18.6 Å². The van der Waals surface area contributed by atoms with Crippen molar-refractivity contribution in [3.8, 4) is 0 Å². The maximum absolute atomic E-state index is 10.0. The van der Waals surface area contributed by atoms with Crippen LogP contribution in [0.25, 0.3) is 0 Å². The first-order valence-electron chi connectivity index (χ1n) is 2.07. The predicted molar refractivity (Wildman–Crippen MR) is 29.9 cm³/mol. The lowest BCUT2D eigenvalue weighted by Gasteiger charge is -1.88. The van der Waals surface area contributed by atoms with Crippen LogP contribution in [-0.4, -0.2) is 11.7 Å². The van der Waals surface area contributed by atoms with Gasteiger partial charge in [-0.2, -0.15) is 0 Å². The van der Waals surface area contributed by atoms with Crippen LogP contribution in [0.5, 0.6) is 0 Å². The summed E-state index contributed by atoms with van der Waals surface area (Å²) < 4.78 is 4.66. The van der Waals surface area contributed by atoms with Gasteiger partial charge in [0.2, 0.25) is 5.12 Å². The number of carbonyl (C=O) groups excluding carboxylic acids is 1. The molecule has 0 aromatic carbocycles. The SMILES string of the molecule is CCOSC(C)=O. The van der Waals surface area contributed by atoms with Crippen LogP contribution >= 0.6 is 12.0 Å². The molecule has 0 aliphatic rings. The molecule has 0 bridgehead atoms. The molecule has 2 nitrogen and oxygen atoms in total. The van der Waals surface area contributed by atoms with Crippen LogP contribution in [0.1, 0.15) is 13.8 Å². The third-order valence-corrected chi connectivity index (χ3v) is 0.882. The summed E-state index contributed by atoms with van der Waals surface area (Å²) in [6.45, 7) is 3.90. The molecular weight excluding hydrogens is 112 g/mol. The van der Waals surface area contributed by atoms with E-state index in [2.05, 4.69) is 4.18 Å². The van der Waals surface area contributed by atoms with Gasteiger partial charge in [-0.25, -0.2) is 0 Å². The highest BCUT2D eigenvalue weighted by Gasteiger charge is 1.88. The first kappa shape index (κ1) is 6.98. The highest BCUT2D eigenvalue weighted by Crippen LogP contribution is 2.00. The second-order valence-electron chi connectivity index (χ2n) is 0.981. The van der Waals surface area contributed by atoms with Gasteiger partial charge in [0.1, 0.15) is 0 Å². The fourth-order valence-electron chi connectivity index (χ4n) is 0.142. The smallest absolute Gasteiger partial charge is 0.212 e. The van der Waals surface area contributed by atoms with E-state index in [1.54, 1.807) is 0 Å². The fraction of sp³-hybridized carbons (Fsp3) is 0.750. The largest absolute Gasteiger partial charge is 0.308 e. The Hall–Kier alpha value is -0.0200. The Morgan fingerprint density at radius 3 is 2.57 bits per heavy atom. The van der Waals surface area contributed by atoms with Gasteiger partial charge < -0.3 is 4.18 Å². The molecule has 0 heterocycles. The molecular formula is C4H8O2S. The molecule has 7 heavy (non-hydrogen) atoms. The van der Waals surface area contributed by atoms with E-state index < -0.39 is 0 Å². The van der Waals surface area contributed by atoms with Crippen molar-refractivity contribution in [3.05, 3.63) is 0 Å². The van der Waals surface area contributed by atoms with Crippen molar-refractivity contribution < 1.29 is 8.98 Å². The Bertz CT molecular complexity index is 62.7. The van der Waals surface area contributed by atoms with Crippen LogP contribution in [0, 0.1) is 0 Å². The second-order valence-corrected chi connectivity index (χ2v) is 1.96. The van der Waals surface area contributed by atoms with Gasteiger partial charge in [-0.05, 0) is 6.92 Å². The number of hydrogen-bond donors (Lipinski definition) is 0. The topological polar surface area (TPSA) is 26.3 Å². The van der Waals surface area contributed by atoms with E-state index in [1.807, 2.05) is 6.92 Å². The summed E-state index contributed by atoms with van der Waals surface area (Å²) in [5, 5.41) is 0.00171. The van der Waals surface area contributed by atoms with Crippen LogP contribution in [-0.2, 0) is 8.98 Å². The summed E-state index contributed by atoms with van der Waals surface area (Å²) in [7, 11) is 0. The quantitative estimate of drug-likeness (QED) is 0.512. The zero-order valence-corrected chi connectivity index (χ0v) is 5.25. The highest BCUT2D eigenvalue weighted by molar-refractivity contribution is 8.09. The molecule has 0 saturated carbocycles. The molecule has 0 rings (SSSR count). The standard InChI is InChI=1S/C4H8O2S/c1-3-6-7-4(2)5/h3H2,1-2H3. The minimum absolute atomic E-state index is 0.00171. The van der Waals surface area contributed by atoms with Crippen LogP contribution in [0.4, 0.5) is 0 Å². The summed E-state index contributed by atoms with van der Waals surface area (Å²) in [4.78, 5) is 10.0. The molecule has 0 amide bonds. The lowest BCUT2D eigenvalue weighted by atomic mass is 10.9. The van der Waals surface area contributed by atoms with Gasteiger partial charge in [0.15, 0.2) is 0 Å². The Balaban J connectivity index is 2.82. The second kappa shape index (κ2) is 4.15. The van der Waals surface area contributed by atoms with Crippen molar-refractivity contribution in [3.63, 3.8) is 0 Å². The average Bonchev–Trinajstić information content (AvgIpc) is 1.61. The molecule has 0 N–H and O–H groups in total. The summed E-state index contributed by atoms with van der Waals surface area (Å²) in [6, 6.07) is 0. The van der Waals surface area contributed by atoms with Crippen molar-refractivity contribution in [2.45, 2.75) is 13.8 Å². The van der Waals surface area contributed by atoms with Gasteiger partial charge in [-0.1, -0.05) is 0 Å². The van der Waals surface area contributed by atoms with Gasteiger partial charge in [-0.3, -0.25) is 4.79 Å². The van der Waals surface area contributed by atoms with E-state index in [1.165, 1.54) is 6.92 Å². The zero-order valence-electron chi connectivity index (χ0n) is 4.43. The first-order chi connectivity index (χ1) is 3.27. The molecule has 0 aliphatic carbocycles. The lowest BCUT2D eigenvalue weighted by molar-refractivity contribution is -0.109. The summed E-state index contributed by atoms with van der Waals surface area (Å²) in [5.74, 6) is 0. The van der Waals surface area contributed by atoms with Crippen molar-refractivity contribution in [2.75, 3.05) is 6.61 Å². The Kier molecular flexibility index (Phi) is 4.14. The van der Waals surface area contributed by atoms with Gasteiger partial charge in [0, 0.05) is 6.92 Å². The summed E-state index contributed by atoms with van der Waals surface area (Å²) >= 11 is 0.892. The third kappa shape index (κ3) is 5.98. The van der Waals surface area contributed by atoms with Crippen molar-refractivity contribution in [1.29, 1.82) is 0 Å². The van der Waals surface area contributed by atoms with Crippen molar-refractivity contribution in [2.24, 2.45) is 0 Å². The zero-order chi connectivity index (χ0) is 5.70. The Morgan fingerprint density at radius 1 is 1.86 bits per heavy atom. The number of carbonyl (C=O) groups is 1. The highest BCUT2D eigenvalue weighted by atomic mass is 32.2. The van der Waals surface area contributed by atoms with Crippen molar-refractivity contribution in [1.82, 2.24) is 0 Å². The molecule has 0 aliphatic heterocycles. The molecule has 0 atom stereocenters. The maximum Gasteiger partial charge on any atom is 0.212 e. The summed E-state index contributed by atoms with van der Waals surface area (Å²) in [6.07, 6.45) is 0. The lowest BCUT2D eigenvalue weighted by Crippen LogP contribution is -1.83. The normalized spacial score (nSPS) is 8.86. The van der Waals surface area contributed by atoms with E-state index in [9.17, 15) is 4.79 Å². The van der Waals surface area contributed by atoms with E-state index in [0.717, 1.165) is 12.0 Å². The first-order valence-corrected chi connectivity index (χ1v) is 2.81. The molecule has 0 spiro atoms. The van der Waals surface area contributed by atoms with Crippen molar-refractivity contribution >= 4 is 17.2 Å². The van der Waals surface area contributed by atoms with Gasteiger partial charge >= 0.3 is 0 Å². The number of hydrogen-bond acceptors (Lipinski definition) is 3. The molecule has 0 aromatic rings. The van der Waals surface area contributed by atoms with Crippen LogP contribution in [0.3, 0.4) is 0 Å². The van der Waals surface area contributed by atoms with Gasteiger partial charge in [-0.15, -0.1) is 0 Å². The van der Waals surface area contributed by atoms with Crippen LogP contribution in [0.15, 0.2) is 0 Å². The molecule has 42 valence electrons. The van der Waals surface area contributed by atoms with E-state index >= 15 is 0 Å². The molecule has 0 radical (unpaired) electrons. The molecule has 0 aromatic heterocycles. The summed E-state index contributed by atoms with van der Waals surface area (Å²) in [5.41, 5.74) is 0. The number of rotatable bonds is 2. The Morgan fingerprint density at radius 2 is 2.43 bits per heavy atom. The third-order valence-electron chi connectivity index (χ3n) is 0.294. The van der Waals surface area contributed by atoms with E-state index in [-0.39, 0.29) is 5.12 Å². The molecule has 3 heteroatoms. The Labute approximate surface area is 47.4 Å². The van der Waals surface area contributed by atoms with E-state index in [0.29, 0.717) is 6.61 Å². The fourth-order valence-corrected chi connectivity index (χ4v) is 0.426.